The second-order valence-corrected chi connectivity index (χ2v) is 13.0. The first-order valence-electron chi connectivity index (χ1n) is 11.7. The standard InChI is InChI=1S/C25H33FN5O3PS/c1-15-16(20(26)35)7-6-8-18(15)24(2,3)30-21-17-13-19(23(32)31(4)22(17)29-14-28-21)25(34-5)9-11-36(27,33)12-10-25/h6-8,13-14,20,27H,9-12,35H2,1-5H3,(H,28,29,30). The maximum atomic E-state index is 14.2. The second kappa shape index (κ2) is 9.47. The maximum Gasteiger partial charge on any atom is 0.258 e. The summed E-state index contributed by atoms with van der Waals surface area (Å²) in [6.07, 6.45) is 2.05. The number of fused-ring (bicyclic) bond motifs is 1. The lowest BCUT2D eigenvalue weighted by Crippen LogP contribution is -2.43. The fourth-order valence-corrected chi connectivity index (χ4v) is 7.04. The summed E-state index contributed by atoms with van der Waals surface area (Å²) in [5.74, 6) is -0.295. The van der Waals surface area contributed by atoms with Gasteiger partial charge in [-0.05, 0) is 56.4 Å². The van der Waals surface area contributed by atoms with E-state index in [1.807, 2.05) is 32.9 Å². The highest BCUT2D eigenvalue weighted by atomic mass is 32.2. The van der Waals surface area contributed by atoms with Gasteiger partial charge in [-0.3, -0.25) is 14.1 Å². The Kier molecular flexibility index (Phi) is 7.01. The number of nitrogens with zero attached hydrogens (tertiary/aromatic N) is 3. The molecule has 8 nitrogen and oxygen atoms in total. The molecular formula is C25H33FN5O3PS. The lowest BCUT2D eigenvalue weighted by molar-refractivity contribution is -0.0241. The molecule has 0 aliphatic carbocycles. The average molecular weight is 534 g/mol. The van der Waals surface area contributed by atoms with Crippen LogP contribution in [0.3, 0.4) is 0 Å². The number of aryl methyl sites for hydroxylation is 1. The summed E-state index contributed by atoms with van der Waals surface area (Å²) in [6.45, 7) is 5.89. The van der Waals surface area contributed by atoms with Gasteiger partial charge in [0.25, 0.3) is 5.56 Å². The molecule has 0 spiro atoms. The van der Waals surface area contributed by atoms with Crippen molar-refractivity contribution < 1.29 is 13.3 Å². The Balaban J connectivity index is 1.85. The number of anilines is 1. The molecule has 0 saturated carbocycles. The van der Waals surface area contributed by atoms with Gasteiger partial charge in [-0.1, -0.05) is 27.4 Å². The summed E-state index contributed by atoms with van der Waals surface area (Å²) in [5.41, 5.74) is 1.47. The smallest absolute Gasteiger partial charge is 0.258 e. The zero-order valence-electron chi connectivity index (χ0n) is 21.2. The van der Waals surface area contributed by atoms with Crippen LogP contribution in [-0.2, 0) is 32.7 Å². The van der Waals surface area contributed by atoms with E-state index in [1.54, 1.807) is 26.3 Å². The predicted octanol–water partition coefficient (Wildman–Crippen LogP) is 4.51. The lowest BCUT2D eigenvalue weighted by Gasteiger charge is -2.37. The summed E-state index contributed by atoms with van der Waals surface area (Å²) in [5, 5.41) is 4.13. The molecule has 0 bridgehead atoms. The van der Waals surface area contributed by atoms with E-state index < -0.39 is 26.8 Å². The van der Waals surface area contributed by atoms with E-state index in [4.69, 9.17) is 9.52 Å². The number of alkyl halides is 1. The van der Waals surface area contributed by atoms with Crippen molar-refractivity contribution in [2.45, 2.75) is 50.7 Å². The summed E-state index contributed by atoms with van der Waals surface area (Å²) in [7, 11) is 2.73. The van der Waals surface area contributed by atoms with Crippen molar-refractivity contribution in [2.24, 2.45) is 7.05 Å². The Labute approximate surface area is 213 Å². The molecule has 4 rings (SSSR count). The van der Waals surface area contributed by atoms with Gasteiger partial charge in [-0.25, -0.2) is 18.6 Å². The molecule has 1 aromatic carbocycles. The number of ether oxygens (including phenoxy) is 1. The van der Waals surface area contributed by atoms with Crippen LogP contribution >= 0.6 is 9.24 Å². The van der Waals surface area contributed by atoms with Crippen molar-refractivity contribution in [3.05, 3.63) is 63.2 Å². The fraction of sp³-hybridized carbons (Fsp3) is 0.480. The van der Waals surface area contributed by atoms with Gasteiger partial charge in [0.2, 0.25) is 0 Å². The van der Waals surface area contributed by atoms with E-state index in [1.165, 1.54) is 10.9 Å². The lowest BCUT2D eigenvalue weighted by atomic mass is 9.87. The normalized spacial score (nSPS) is 23.5. The van der Waals surface area contributed by atoms with E-state index in [9.17, 15) is 13.4 Å². The highest BCUT2D eigenvalue weighted by Crippen LogP contribution is 2.39. The average Bonchev–Trinajstić information content (AvgIpc) is 2.82. The number of hydrogen-bond donors (Lipinski definition) is 2. The quantitative estimate of drug-likeness (QED) is 0.451. The van der Waals surface area contributed by atoms with Crippen LogP contribution in [0, 0.1) is 11.7 Å². The first-order chi connectivity index (χ1) is 16.8. The summed E-state index contributed by atoms with van der Waals surface area (Å²) >= 11 is 0. The number of hydrogen-bond acceptors (Lipinski definition) is 7. The fourth-order valence-electron chi connectivity index (χ4n) is 5.16. The van der Waals surface area contributed by atoms with Gasteiger partial charge in [0.1, 0.15) is 23.7 Å². The number of nitrogens with one attached hydrogen (secondary N) is 2. The molecule has 2 aromatic heterocycles. The minimum atomic E-state index is -2.67. The Hall–Kier alpha value is -2.42. The molecule has 194 valence electrons. The van der Waals surface area contributed by atoms with Gasteiger partial charge in [0, 0.05) is 35.4 Å². The Morgan fingerprint density at radius 3 is 2.58 bits per heavy atom. The Morgan fingerprint density at radius 2 is 1.97 bits per heavy atom. The monoisotopic (exact) mass is 533 g/mol. The van der Waals surface area contributed by atoms with Crippen molar-refractivity contribution >= 4 is 35.8 Å². The molecule has 3 heterocycles. The molecule has 2 N–H and O–H groups in total. The van der Waals surface area contributed by atoms with Gasteiger partial charge in [-0.2, -0.15) is 0 Å². The third-order valence-electron chi connectivity index (χ3n) is 7.33. The third-order valence-corrected chi connectivity index (χ3v) is 9.42. The van der Waals surface area contributed by atoms with Gasteiger partial charge in [0.05, 0.1) is 22.1 Å². The van der Waals surface area contributed by atoms with Crippen molar-refractivity contribution in [3.8, 4) is 0 Å². The van der Waals surface area contributed by atoms with E-state index in [0.29, 0.717) is 40.8 Å². The second-order valence-electron chi connectivity index (χ2n) is 9.97. The van der Waals surface area contributed by atoms with Gasteiger partial charge < -0.3 is 10.1 Å². The van der Waals surface area contributed by atoms with Crippen molar-refractivity contribution in [2.75, 3.05) is 23.9 Å². The van der Waals surface area contributed by atoms with Gasteiger partial charge >= 0.3 is 0 Å². The molecule has 36 heavy (non-hydrogen) atoms. The van der Waals surface area contributed by atoms with Crippen LogP contribution in [-0.4, -0.2) is 37.4 Å². The van der Waals surface area contributed by atoms with Crippen LogP contribution in [0.2, 0.25) is 0 Å². The molecule has 2 unspecified atom stereocenters. The minimum absolute atomic E-state index is 0.173. The van der Waals surface area contributed by atoms with E-state index in [-0.39, 0.29) is 17.1 Å². The van der Waals surface area contributed by atoms with Crippen LogP contribution in [0.25, 0.3) is 11.0 Å². The van der Waals surface area contributed by atoms with Crippen LogP contribution in [0.5, 0.6) is 0 Å². The SMILES string of the molecule is COC1(c2cc3c(NC(C)(C)c4cccc(C(F)P)c4C)ncnc3n(C)c2=O)CCS(=N)(=O)CC1. The highest BCUT2D eigenvalue weighted by Gasteiger charge is 2.40. The van der Waals surface area contributed by atoms with Crippen LogP contribution in [0.4, 0.5) is 10.2 Å². The van der Waals surface area contributed by atoms with Crippen molar-refractivity contribution in [1.29, 1.82) is 4.78 Å². The predicted molar refractivity (Wildman–Crippen MR) is 145 cm³/mol. The highest BCUT2D eigenvalue weighted by molar-refractivity contribution is 7.92. The van der Waals surface area contributed by atoms with Gasteiger partial charge in [0.15, 0.2) is 0 Å². The molecule has 1 aliphatic rings. The number of aromatic nitrogens is 3. The van der Waals surface area contributed by atoms with Crippen LogP contribution in [0.15, 0.2) is 35.4 Å². The summed E-state index contributed by atoms with van der Waals surface area (Å²) < 4.78 is 41.8. The molecule has 1 saturated heterocycles. The molecule has 11 heteroatoms. The molecule has 0 amide bonds. The maximum absolute atomic E-state index is 14.2. The number of halogens is 1. The molecule has 1 fully saturated rings. The van der Waals surface area contributed by atoms with Crippen molar-refractivity contribution in [1.82, 2.24) is 14.5 Å². The van der Waals surface area contributed by atoms with E-state index in [0.717, 1.165) is 11.1 Å². The Bertz CT molecular complexity index is 1470. The first-order valence-corrected chi connectivity index (χ1v) is 14.3. The van der Waals surface area contributed by atoms with Crippen LogP contribution in [0.1, 0.15) is 54.9 Å². The molecule has 0 radical (unpaired) electrons. The van der Waals surface area contributed by atoms with E-state index >= 15 is 0 Å². The first kappa shape index (κ1) is 26.6. The zero-order chi connectivity index (χ0) is 26.5. The number of rotatable bonds is 6. The van der Waals surface area contributed by atoms with E-state index in [2.05, 4.69) is 24.5 Å². The summed E-state index contributed by atoms with van der Waals surface area (Å²) in [6, 6.07) is 7.34. The number of benzene rings is 1. The number of pyridine rings is 1. The largest absolute Gasteiger partial charge is 0.373 e. The molecular weight excluding hydrogens is 500 g/mol. The van der Waals surface area contributed by atoms with Crippen LogP contribution < -0.4 is 10.9 Å². The zero-order valence-corrected chi connectivity index (χ0v) is 23.2. The molecule has 3 aromatic rings. The minimum Gasteiger partial charge on any atom is -0.373 e. The molecule has 2 atom stereocenters. The Morgan fingerprint density at radius 1 is 1.31 bits per heavy atom. The summed E-state index contributed by atoms with van der Waals surface area (Å²) in [4.78, 5) is 22.3. The topological polar surface area (TPSA) is 110 Å². The number of methoxy groups -OCH3 is 1. The van der Waals surface area contributed by atoms with Gasteiger partial charge in [-0.15, -0.1) is 0 Å². The molecule has 1 aliphatic heterocycles. The van der Waals surface area contributed by atoms with Crippen molar-refractivity contribution in [3.63, 3.8) is 0 Å². The third kappa shape index (κ3) is 4.66.